The van der Waals surface area contributed by atoms with Gasteiger partial charge in [-0.25, -0.2) is 4.79 Å². The van der Waals surface area contributed by atoms with Crippen molar-refractivity contribution in [1.82, 2.24) is 10.2 Å². The van der Waals surface area contributed by atoms with Gasteiger partial charge in [0.2, 0.25) is 5.91 Å². The standard InChI is InChI=1S/C22H25N3O2/c26-21(18-6-7-18)25-13-11-17-8-9-20(14-19(17)15-25)24-22(27)23-12-10-16-4-2-1-3-5-16/h1-5,8-9,14,18H,6-7,10-13,15H2,(H2,23,24,27). The van der Waals surface area contributed by atoms with Crippen molar-refractivity contribution in [3.05, 3.63) is 65.2 Å². The Morgan fingerprint density at radius 3 is 2.63 bits per heavy atom. The van der Waals surface area contributed by atoms with E-state index in [9.17, 15) is 9.59 Å². The third-order valence-corrected chi connectivity index (χ3v) is 5.26. The molecule has 0 atom stereocenters. The van der Waals surface area contributed by atoms with Gasteiger partial charge in [-0.1, -0.05) is 36.4 Å². The highest BCUT2D eigenvalue weighted by Crippen LogP contribution is 2.33. The summed E-state index contributed by atoms with van der Waals surface area (Å²) in [5, 5.41) is 5.80. The molecule has 1 aliphatic heterocycles. The number of carbonyl (C=O) groups excluding carboxylic acids is 2. The van der Waals surface area contributed by atoms with Crippen LogP contribution < -0.4 is 10.6 Å². The second-order valence-electron chi connectivity index (χ2n) is 7.38. The molecule has 1 heterocycles. The Hall–Kier alpha value is -2.82. The van der Waals surface area contributed by atoms with Crippen LogP contribution in [0.3, 0.4) is 0 Å². The quantitative estimate of drug-likeness (QED) is 0.856. The first-order valence-electron chi connectivity index (χ1n) is 9.68. The summed E-state index contributed by atoms with van der Waals surface area (Å²) in [6.07, 6.45) is 3.76. The summed E-state index contributed by atoms with van der Waals surface area (Å²) >= 11 is 0. The molecule has 27 heavy (non-hydrogen) atoms. The van der Waals surface area contributed by atoms with Gasteiger partial charge in [-0.15, -0.1) is 0 Å². The molecule has 0 aromatic heterocycles. The van der Waals surface area contributed by atoms with Crippen molar-refractivity contribution >= 4 is 17.6 Å². The van der Waals surface area contributed by atoms with Crippen LogP contribution in [-0.4, -0.2) is 29.9 Å². The first kappa shape index (κ1) is 17.6. The van der Waals surface area contributed by atoms with Gasteiger partial charge in [0, 0.05) is 31.2 Å². The van der Waals surface area contributed by atoms with Crippen LogP contribution in [0, 0.1) is 5.92 Å². The number of nitrogens with one attached hydrogen (secondary N) is 2. The van der Waals surface area contributed by atoms with E-state index in [0.29, 0.717) is 13.1 Å². The molecule has 1 aliphatic carbocycles. The molecule has 0 unspecified atom stereocenters. The van der Waals surface area contributed by atoms with Crippen LogP contribution in [0.1, 0.15) is 29.5 Å². The molecule has 0 bridgehead atoms. The maximum absolute atomic E-state index is 12.3. The molecular formula is C22H25N3O2. The number of hydrogen-bond donors (Lipinski definition) is 2. The predicted octanol–water partition coefficient (Wildman–Crippen LogP) is 3.35. The van der Waals surface area contributed by atoms with E-state index in [1.54, 1.807) is 0 Å². The Kier molecular flexibility index (Phi) is 5.10. The third-order valence-electron chi connectivity index (χ3n) is 5.26. The lowest BCUT2D eigenvalue weighted by molar-refractivity contribution is -0.133. The molecule has 4 rings (SSSR count). The van der Waals surface area contributed by atoms with Gasteiger partial charge in [0.25, 0.3) is 0 Å². The van der Waals surface area contributed by atoms with E-state index in [1.165, 1.54) is 11.1 Å². The lowest BCUT2D eigenvalue weighted by atomic mass is 9.98. The van der Waals surface area contributed by atoms with Gasteiger partial charge in [-0.3, -0.25) is 4.79 Å². The van der Waals surface area contributed by atoms with Crippen LogP contribution in [0.2, 0.25) is 0 Å². The lowest BCUT2D eigenvalue weighted by Gasteiger charge is -2.29. The van der Waals surface area contributed by atoms with E-state index in [2.05, 4.69) is 28.8 Å². The summed E-state index contributed by atoms with van der Waals surface area (Å²) in [6, 6.07) is 15.9. The second kappa shape index (κ2) is 7.82. The summed E-state index contributed by atoms with van der Waals surface area (Å²) in [6.45, 7) is 2.04. The number of fused-ring (bicyclic) bond motifs is 1. The van der Waals surface area contributed by atoms with Crippen molar-refractivity contribution in [2.45, 2.75) is 32.2 Å². The molecule has 0 spiro atoms. The highest BCUT2D eigenvalue weighted by atomic mass is 16.2. The predicted molar refractivity (Wildman–Crippen MR) is 105 cm³/mol. The van der Waals surface area contributed by atoms with E-state index in [4.69, 9.17) is 0 Å². The minimum Gasteiger partial charge on any atom is -0.338 e. The summed E-state index contributed by atoms with van der Waals surface area (Å²) < 4.78 is 0. The van der Waals surface area contributed by atoms with E-state index < -0.39 is 0 Å². The molecule has 1 fully saturated rings. The summed E-state index contributed by atoms with van der Waals surface area (Å²) in [7, 11) is 0. The first-order chi connectivity index (χ1) is 13.2. The number of amides is 3. The minimum absolute atomic E-state index is 0.201. The fourth-order valence-corrected chi connectivity index (χ4v) is 3.55. The molecule has 2 aromatic carbocycles. The Balaban J connectivity index is 1.31. The Bertz CT molecular complexity index is 831. The molecule has 2 aromatic rings. The van der Waals surface area contributed by atoms with Gasteiger partial charge >= 0.3 is 6.03 Å². The normalized spacial score (nSPS) is 15.8. The van der Waals surface area contributed by atoms with Gasteiger partial charge in [0.1, 0.15) is 0 Å². The SMILES string of the molecule is O=C(NCCc1ccccc1)Nc1ccc2c(c1)CN(C(=O)C1CC1)CC2. The molecule has 140 valence electrons. The number of nitrogens with zero attached hydrogens (tertiary/aromatic N) is 1. The van der Waals surface area contributed by atoms with Crippen LogP contribution in [0.25, 0.3) is 0 Å². The zero-order valence-electron chi connectivity index (χ0n) is 15.4. The van der Waals surface area contributed by atoms with Gasteiger partial charge in [0.05, 0.1) is 0 Å². The molecule has 0 saturated heterocycles. The number of hydrogen-bond acceptors (Lipinski definition) is 2. The Morgan fingerprint density at radius 1 is 1.04 bits per heavy atom. The fourth-order valence-electron chi connectivity index (χ4n) is 3.55. The summed E-state index contributed by atoms with van der Waals surface area (Å²) in [4.78, 5) is 26.4. The number of benzene rings is 2. The molecule has 0 radical (unpaired) electrons. The zero-order chi connectivity index (χ0) is 18.6. The van der Waals surface area contributed by atoms with Crippen molar-refractivity contribution in [3.8, 4) is 0 Å². The Labute approximate surface area is 159 Å². The van der Waals surface area contributed by atoms with Gasteiger partial charge in [-0.05, 0) is 54.5 Å². The smallest absolute Gasteiger partial charge is 0.319 e. The zero-order valence-corrected chi connectivity index (χ0v) is 15.4. The number of urea groups is 1. The van der Waals surface area contributed by atoms with Gasteiger partial charge in [0.15, 0.2) is 0 Å². The van der Waals surface area contributed by atoms with Crippen LogP contribution in [0.5, 0.6) is 0 Å². The highest BCUT2D eigenvalue weighted by Gasteiger charge is 2.34. The highest BCUT2D eigenvalue weighted by molar-refractivity contribution is 5.89. The Morgan fingerprint density at radius 2 is 1.85 bits per heavy atom. The fraction of sp³-hybridized carbons (Fsp3) is 0.364. The molecular weight excluding hydrogens is 338 g/mol. The maximum atomic E-state index is 12.3. The molecule has 1 saturated carbocycles. The minimum atomic E-state index is -0.201. The molecule has 5 nitrogen and oxygen atoms in total. The maximum Gasteiger partial charge on any atom is 0.319 e. The number of carbonyl (C=O) groups is 2. The number of rotatable bonds is 5. The van der Waals surface area contributed by atoms with E-state index in [0.717, 1.165) is 43.5 Å². The number of anilines is 1. The lowest BCUT2D eigenvalue weighted by Crippen LogP contribution is -2.37. The first-order valence-corrected chi connectivity index (χ1v) is 9.68. The van der Waals surface area contributed by atoms with Crippen LogP contribution in [0.4, 0.5) is 10.5 Å². The van der Waals surface area contributed by atoms with E-state index in [-0.39, 0.29) is 17.9 Å². The third kappa shape index (κ3) is 4.48. The average molecular weight is 363 g/mol. The van der Waals surface area contributed by atoms with Gasteiger partial charge in [-0.2, -0.15) is 0 Å². The van der Waals surface area contributed by atoms with E-state index in [1.807, 2.05) is 35.2 Å². The van der Waals surface area contributed by atoms with Crippen molar-refractivity contribution in [2.24, 2.45) is 5.92 Å². The average Bonchev–Trinajstić information content (AvgIpc) is 3.53. The van der Waals surface area contributed by atoms with Crippen LogP contribution >= 0.6 is 0 Å². The summed E-state index contributed by atoms with van der Waals surface area (Å²) in [5.74, 6) is 0.543. The topological polar surface area (TPSA) is 61.4 Å². The molecule has 2 aliphatic rings. The van der Waals surface area contributed by atoms with Crippen LogP contribution in [0.15, 0.2) is 48.5 Å². The van der Waals surface area contributed by atoms with Crippen molar-refractivity contribution in [1.29, 1.82) is 0 Å². The molecule has 2 N–H and O–H groups in total. The van der Waals surface area contributed by atoms with Crippen molar-refractivity contribution < 1.29 is 9.59 Å². The van der Waals surface area contributed by atoms with Crippen molar-refractivity contribution in [3.63, 3.8) is 0 Å². The molecule has 5 heteroatoms. The second-order valence-corrected chi connectivity index (χ2v) is 7.38. The monoisotopic (exact) mass is 363 g/mol. The molecule has 3 amide bonds. The van der Waals surface area contributed by atoms with Crippen molar-refractivity contribution in [2.75, 3.05) is 18.4 Å². The summed E-state index contributed by atoms with van der Waals surface area (Å²) in [5.41, 5.74) is 4.38. The van der Waals surface area contributed by atoms with E-state index >= 15 is 0 Å². The van der Waals surface area contributed by atoms with Crippen LogP contribution in [-0.2, 0) is 24.2 Å². The van der Waals surface area contributed by atoms with Gasteiger partial charge < -0.3 is 15.5 Å². The largest absolute Gasteiger partial charge is 0.338 e.